The van der Waals surface area contributed by atoms with E-state index in [9.17, 15) is 0 Å². The van der Waals surface area contributed by atoms with E-state index in [1.807, 2.05) is 32.1 Å². The van der Waals surface area contributed by atoms with Crippen LogP contribution in [0.3, 0.4) is 0 Å². The largest absolute Gasteiger partial charge is 0.405 e. The van der Waals surface area contributed by atoms with Gasteiger partial charge in [0.2, 0.25) is 0 Å². The third kappa shape index (κ3) is 8.76. The fraction of sp³-hybridized carbons (Fsp3) is 0.412. The lowest BCUT2D eigenvalue weighted by atomic mass is 10.2. The highest BCUT2D eigenvalue weighted by Crippen LogP contribution is 2.04. The second-order valence-electron chi connectivity index (χ2n) is 4.69. The predicted molar refractivity (Wildman–Crippen MR) is 93.7 cm³/mol. The zero-order valence-corrected chi connectivity index (χ0v) is 13.7. The van der Waals surface area contributed by atoms with Gasteiger partial charge < -0.3 is 21.3 Å². The molecule has 0 fully saturated rings. The highest BCUT2D eigenvalue weighted by molar-refractivity contribution is 5.35. The van der Waals surface area contributed by atoms with Gasteiger partial charge in [0.25, 0.3) is 0 Å². The Bertz CT molecular complexity index is 405. The topological polar surface area (TPSA) is 53.3 Å². The molecule has 0 aliphatic rings. The van der Waals surface area contributed by atoms with Crippen LogP contribution in [0.15, 0.2) is 60.6 Å². The molecule has 0 heterocycles. The lowest BCUT2D eigenvalue weighted by Crippen LogP contribution is -2.34. The Hall–Kier alpha value is -1.94. The van der Waals surface area contributed by atoms with Crippen LogP contribution in [0.4, 0.5) is 0 Å². The average molecular weight is 290 g/mol. The number of hydrogen-bond acceptors (Lipinski definition) is 4. The fourth-order valence-electron chi connectivity index (χ4n) is 1.78. The highest BCUT2D eigenvalue weighted by Gasteiger charge is 2.01. The summed E-state index contributed by atoms with van der Waals surface area (Å²) in [4.78, 5) is 2.27. The van der Waals surface area contributed by atoms with E-state index < -0.39 is 0 Å². The van der Waals surface area contributed by atoms with E-state index in [0.717, 1.165) is 43.1 Å². The van der Waals surface area contributed by atoms with Gasteiger partial charge in [-0.25, -0.2) is 0 Å². The van der Waals surface area contributed by atoms with Gasteiger partial charge in [-0.15, -0.1) is 0 Å². The van der Waals surface area contributed by atoms with Crippen molar-refractivity contribution in [2.24, 2.45) is 5.73 Å². The molecule has 118 valence electrons. The number of allylic oxidation sites excluding steroid dienone is 4. The molecule has 0 amide bonds. The van der Waals surface area contributed by atoms with Crippen LogP contribution in [0.2, 0.25) is 0 Å². The van der Waals surface area contributed by atoms with Gasteiger partial charge in [0.1, 0.15) is 0 Å². The molecule has 0 aliphatic heterocycles. The van der Waals surface area contributed by atoms with Gasteiger partial charge >= 0.3 is 0 Å². The smallest absolute Gasteiger partial charge is 0.0365 e. The van der Waals surface area contributed by atoms with E-state index in [4.69, 9.17) is 5.73 Å². The molecule has 0 saturated heterocycles. The number of likely N-dealkylation sites (N-methyl/N-ethyl adjacent to an activating group) is 1. The predicted octanol–water partition coefficient (Wildman–Crippen LogP) is 2.12. The molecule has 0 spiro atoms. The molecule has 0 rings (SSSR count). The number of rotatable bonds is 11. The maximum Gasteiger partial charge on any atom is 0.0365 e. The minimum absolute atomic E-state index is 0.867. The molecule has 0 saturated carbocycles. The molecule has 4 nitrogen and oxygen atoms in total. The average Bonchev–Trinajstić information content (AvgIpc) is 2.48. The first kappa shape index (κ1) is 19.1. The first-order chi connectivity index (χ1) is 10.1. The Morgan fingerprint density at radius 1 is 1.14 bits per heavy atom. The van der Waals surface area contributed by atoms with Crippen molar-refractivity contribution >= 4 is 0 Å². The molecule has 0 radical (unpaired) electrons. The molecule has 0 aromatic heterocycles. The van der Waals surface area contributed by atoms with Gasteiger partial charge in [0, 0.05) is 37.6 Å². The van der Waals surface area contributed by atoms with Crippen LogP contribution in [0.5, 0.6) is 0 Å². The van der Waals surface area contributed by atoms with Crippen LogP contribution in [-0.4, -0.2) is 38.1 Å². The molecular formula is C17H30N4. The SMILES string of the molecule is C=C/C(=C\C)NCCN(C)CCN/C(=C/C)C(=C)/C=C\N. The fourth-order valence-corrected chi connectivity index (χ4v) is 1.78. The van der Waals surface area contributed by atoms with E-state index >= 15 is 0 Å². The normalized spacial score (nSPS) is 12.8. The van der Waals surface area contributed by atoms with Crippen LogP contribution in [-0.2, 0) is 0 Å². The molecule has 0 atom stereocenters. The summed E-state index contributed by atoms with van der Waals surface area (Å²) in [6, 6.07) is 0. The van der Waals surface area contributed by atoms with Crippen LogP contribution in [0.25, 0.3) is 0 Å². The summed E-state index contributed by atoms with van der Waals surface area (Å²) < 4.78 is 0. The number of nitrogens with zero attached hydrogens (tertiary/aromatic N) is 1. The summed E-state index contributed by atoms with van der Waals surface area (Å²) in [5.41, 5.74) is 8.37. The van der Waals surface area contributed by atoms with Gasteiger partial charge in [-0.05, 0) is 44.8 Å². The van der Waals surface area contributed by atoms with E-state index in [1.165, 1.54) is 6.20 Å². The summed E-state index contributed by atoms with van der Waals surface area (Å²) in [5, 5.41) is 6.70. The van der Waals surface area contributed by atoms with Crippen LogP contribution in [0, 0.1) is 0 Å². The summed E-state index contributed by atoms with van der Waals surface area (Å²) in [5.74, 6) is 0. The van der Waals surface area contributed by atoms with Crippen molar-refractivity contribution in [1.29, 1.82) is 0 Å². The zero-order valence-electron chi connectivity index (χ0n) is 13.7. The second-order valence-corrected chi connectivity index (χ2v) is 4.69. The van der Waals surface area contributed by atoms with Crippen LogP contribution < -0.4 is 16.4 Å². The lowest BCUT2D eigenvalue weighted by molar-refractivity contribution is 0.338. The molecular weight excluding hydrogens is 260 g/mol. The Morgan fingerprint density at radius 3 is 2.24 bits per heavy atom. The first-order valence-electron chi connectivity index (χ1n) is 7.27. The molecule has 0 aliphatic carbocycles. The number of hydrogen-bond donors (Lipinski definition) is 3. The third-order valence-electron chi connectivity index (χ3n) is 3.09. The van der Waals surface area contributed by atoms with E-state index in [-0.39, 0.29) is 0 Å². The zero-order chi connectivity index (χ0) is 16.1. The van der Waals surface area contributed by atoms with Gasteiger partial charge in [0.15, 0.2) is 0 Å². The summed E-state index contributed by atoms with van der Waals surface area (Å²) >= 11 is 0. The van der Waals surface area contributed by atoms with E-state index in [0.29, 0.717) is 0 Å². The minimum atomic E-state index is 0.867. The van der Waals surface area contributed by atoms with Crippen LogP contribution >= 0.6 is 0 Å². The molecule has 0 bridgehead atoms. The number of nitrogens with one attached hydrogen (secondary N) is 2. The Morgan fingerprint density at radius 2 is 1.76 bits per heavy atom. The van der Waals surface area contributed by atoms with Crippen molar-refractivity contribution in [2.75, 3.05) is 33.2 Å². The van der Waals surface area contributed by atoms with Gasteiger partial charge in [0.05, 0.1) is 0 Å². The van der Waals surface area contributed by atoms with Gasteiger partial charge in [-0.2, -0.15) is 0 Å². The second kappa shape index (κ2) is 11.9. The maximum atomic E-state index is 5.38. The number of nitrogens with two attached hydrogens (primary N) is 1. The van der Waals surface area contributed by atoms with Crippen molar-refractivity contribution in [1.82, 2.24) is 15.5 Å². The Balaban J connectivity index is 3.96. The minimum Gasteiger partial charge on any atom is -0.405 e. The van der Waals surface area contributed by atoms with Crippen molar-refractivity contribution in [3.8, 4) is 0 Å². The molecule has 21 heavy (non-hydrogen) atoms. The maximum absolute atomic E-state index is 5.38. The molecule has 4 N–H and O–H groups in total. The summed E-state index contributed by atoms with van der Waals surface area (Å²) in [6.07, 6.45) is 9.15. The summed E-state index contributed by atoms with van der Waals surface area (Å²) in [7, 11) is 2.11. The molecule has 4 heteroatoms. The first-order valence-corrected chi connectivity index (χ1v) is 7.27. The molecule has 0 aromatic carbocycles. The van der Waals surface area contributed by atoms with Crippen molar-refractivity contribution in [3.63, 3.8) is 0 Å². The third-order valence-corrected chi connectivity index (χ3v) is 3.09. The van der Waals surface area contributed by atoms with Crippen LogP contribution in [0.1, 0.15) is 13.8 Å². The quantitative estimate of drug-likeness (QED) is 0.510. The molecule has 0 aromatic rings. The lowest BCUT2D eigenvalue weighted by Gasteiger charge is -2.19. The van der Waals surface area contributed by atoms with E-state index in [1.54, 1.807) is 6.08 Å². The van der Waals surface area contributed by atoms with E-state index in [2.05, 4.69) is 35.7 Å². The summed E-state index contributed by atoms with van der Waals surface area (Å²) in [6.45, 7) is 15.4. The van der Waals surface area contributed by atoms with Gasteiger partial charge in [-0.1, -0.05) is 25.3 Å². The van der Waals surface area contributed by atoms with Gasteiger partial charge in [-0.3, -0.25) is 0 Å². The van der Waals surface area contributed by atoms with Crippen molar-refractivity contribution < 1.29 is 0 Å². The monoisotopic (exact) mass is 290 g/mol. The highest BCUT2D eigenvalue weighted by atomic mass is 15.1. The Kier molecular flexibility index (Phi) is 10.8. The van der Waals surface area contributed by atoms with Crippen molar-refractivity contribution in [2.45, 2.75) is 13.8 Å². The molecule has 0 unspecified atom stereocenters. The Labute approximate surface area is 129 Å². The standard InChI is InChI=1S/C17H30N4/c1-6-16(7-2)19-11-13-21(5)14-12-20-17(8-3)15(4)9-10-18/h6-10,19-20H,1,4,11-14,18H2,2-3,5H3/b10-9-,16-7+,17-8+. The van der Waals surface area contributed by atoms with Crippen molar-refractivity contribution in [3.05, 3.63) is 60.6 Å².